The van der Waals surface area contributed by atoms with Gasteiger partial charge in [-0.15, -0.1) is 0 Å². The summed E-state index contributed by atoms with van der Waals surface area (Å²) in [5.74, 6) is -0.171. The lowest BCUT2D eigenvalue weighted by molar-refractivity contribution is -0.861. The van der Waals surface area contributed by atoms with Gasteiger partial charge < -0.3 is 33.7 Å². The van der Waals surface area contributed by atoms with E-state index in [-0.39, 0.29) is 29.8 Å². The fraction of sp³-hybridized carbons (Fsp3) is 0.667. The maximum atomic E-state index is 10.7. The van der Waals surface area contributed by atoms with Crippen LogP contribution >= 0.6 is 0 Å². The minimum absolute atomic E-state index is 0. The molecule has 0 amide bonds. The molecule has 0 aromatic rings. The Bertz CT molecular complexity index is 151. The second-order valence-electron chi connectivity index (χ2n) is 3.16. The van der Waals surface area contributed by atoms with Crippen LogP contribution in [-0.2, 0) is 4.79 Å². The monoisotopic (exact) mass is 272 g/mol. The first-order valence-electron chi connectivity index (χ1n) is 2.96. The zero-order valence-corrected chi connectivity index (χ0v) is 9.07. The zero-order valence-electron chi connectivity index (χ0n) is 6.91. The van der Waals surface area contributed by atoms with Crippen molar-refractivity contribution in [3.05, 3.63) is 0 Å². The van der Waals surface area contributed by atoms with E-state index in [1.807, 2.05) is 21.1 Å². The lowest BCUT2D eigenvalue weighted by atomic mass is 10.4. The van der Waals surface area contributed by atoms with Gasteiger partial charge >= 0.3 is 0 Å². The molecule has 66 valence electrons. The summed E-state index contributed by atoms with van der Waals surface area (Å²) in [6, 6.07) is 0. The molecule has 0 saturated carbocycles. The van der Waals surface area contributed by atoms with Gasteiger partial charge in [0.2, 0.25) is 5.78 Å². The first kappa shape index (κ1) is 13.4. The number of nitrogens with zero attached hydrogens (tertiary/aromatic N) is 2. The van der Waals surface area contributed by atoms with Crippen LogP contribution < -0.4 is 24.0 Å². The summed E-state index contributed by atoms with van der Waals surface area (Å²) < 4.78 is 0.546. The van der Waals surface area contributed by atoms with Crippen molar-refractivity contribution in [2.24, 2.45) is 5.16 Å². The van der Waals surface area contributed by atoms with Crippen LogP contribution in [0, 0.1) is 0 Å². The number of carbonyl (C=O) groups excluding carboxylic acids is 1. The van der Waals surface area contributed by atoms with Gasteiger partial charge in [-0.1, -0.05) is 5.16 Å². The van der Waals surface area contributed by atoms with Crippen LogP contribution in [0.4, 0.5) is 0 Å². The number of hydrogen-bond donors (Lipinski definition) is 1. The predicted octanol–water partition coefficient (Wildman–Crippen LogP) is -3.27. The largest absolute Gasteiger partial charge is 1.00 e. The lowest BCUT2D eigenvalue weighted by Gasteiger charge is -2.21. The molecule has 0 bridgehead atoms. The summed E-state index contributed by atoms with van der Waals surface area (Å²) in [5.41, 5.74) is 0. The number of carbonyl (C=O) groups is 1. The standard InChI is InChI=1S/C6H12N2O2.HI/c1-8(2,3)5-6(9)4-7-10;/h4H,5H2,1-3H3;1H. The minimum atomic E-state index is -0.171. The molecule has 0 unspecified atom stereocenters. The maximum Gasteiger partial charge on any atom is 0.231 e. The van der Waals surface area contributed by atoms with E-state index in [0.717, 1.165) is 6.21 Å². The topological polar surface area (TPSA) is 49.7 Å². The molecule has 0 spiro atoms. The molecule has 0 aromatic carbocycles. The number of quaternary nitrogens is 1. The average Bonchev–Trinajstić information content (AvgIpc) is 1.59. The Balaban J connectivity index is 0. The summed E-state index contributed by atoms with van der Waals surface area (Å²) in [5, 5.41) is 10.6. The van der Waals surface area contributed by atoms with Crippen molar-refractivity contribution in [2.75, 3.05) is 27.7 Å². The molecule has 5 heteroatoms. The zero-order chi connectivity index (χ0) is 8.20. The minimum Gasteiger partial charge on any atom is -1.00 e. The van der Waals surface area contributed by atoms with Crippen molar-refractivity contribution in [2.45, 2.75) is 0 Å². The van der Waals surface area contributed by atoms with Gasteiger partial charge in [-0.05, 0) is 0 Å². The molecule has 0 fully saturated rings. The van der Waals surface area contributed by atoms with Crippen molar-refractivity contribution in [1.82, 2.24) is 0 Å². The van der Waals surface area contributed by atoms with Crippen LogP contribution in [0.15, 0.2) is 5.16 Å². The highest BCUT2D eigenvalue weighted by Gasteiger charge is 2.11. The molecule has 0 radical (unpaired) electrons. The number of oxime groups is 1. The Hall–Kier alpha value is -0.170. The number of Topliss-reactive ketones (excluding diaryl/α,β-unsaturated/α-hetero) is 1. The SMILES string of the molecule is C[N+](C)(C)CC(=O)/C=N/O.[I-]. The molecule has 0 aliphatic heterocycles. The third-order valence-electron chi connectivity index (χ3n) is 0.832. The van der Waals surface area contributed by atoms with E-state index < -0.39 is 0 Å². The summed E-state index contributed by atoms with van der Waals surface area (Å²) in [6.45, 7) is 0.351. The molecule has 4 nitrogen and oxygen atoms in total. The Kier molecular flexibility index (Phi) is 6.68. The number of rotatable bonds is 3. The maximum absolute atomic E-state index is 10.7. The molecule has 0 saturated heterocycles. The van der Waals surface area contributed by atoms with Crippen LogP contribution in [0.25, 0.3) is 0 Å². The first-order valence-corrected chi connectivity index (χ1v) is 2.96. The summed E-state index contributed by atoms with van der Waals surface area (Å²) >= 11 is 0. The van der Waals surface area contributed by atoms with E-state index in [4.69, 9.17) is 5.21 Å². The number of ketones is 1. The van der Waals surface area contributed by atoms with Gasteiger partial charge in [-0.25, -0.2) is 0 Å². The summed E-state index contributed by atoms with van der Waals surface area (Å²) in [4.78, 5) is 10.7. The molecule has 0 rings (SSSR count). The first-order chi connectivity index (χ1) is 4.45. The van der Waals surface area contributed by atoms with Crippen molar-refractivity contribution in [3.63, 3.8) is 0 Å². The molecular weight excluding hydrogens is 259 g/mol. The molecule has 0 aliphatic carbocycles. The lowest BCUT2D eigenvalue weighted by Crippen LogP contribution is -3.00. The molecular formula is C6H13IN2O2. The van der Waals surface area contributed by atoms with Gasteiger partial charge in [0.1, 0.15) is 12.8 Å². The number of hydrogen-bond acceptors (Lipinski definition) is 3. The second-order valence-corrected chi connectivity index (χ2v) is 3.16. The third-order valence-corrected chi connectivity index (χ3v) is 0.832. The van der Waals surface area contributed by atoms with Crippen LogP contribution in [0.5, 0.6) is 0 Å². The van der Waals surface area contributed by atoms with Gasteiger partial charge in [0.25, 0.3) is 0 Å². The fourth-order valence-electron chi connectivity index (χ4n) is 0.573. The van der Waals surface area contributed by atoms with Crippen molar-refractivity contribution >= 4 is 12.0 Å². The van der Waals surface area contributed by atoms with E-state index >= 15 is 0 Å². The van der Waals surface area contributed by atoms with Crippen LogP contribution in [0.1, 0.15) is 0 Å². The summed E-state index contributed by atoms with van der Waals surface area (Å²) in [7, 11) is 5.68. The highest BCUT2D eigenvalue weighted by molar-refractivity contribution is 6.27. The molecule has 0 atom stereocenters. The molecule has 0 aliphatic rings. The van der Waals surface area contributed by atoms with Crippen molar-refractivity contribution in [3.8, 4) is 0 Å². The number of halogens is 1. The van der Waals surface area contributed by atoms with Gasteiger partial charge in [0, 0.05) is 0 Å². The second kappa shape index (κ2) is 5.48. The van der Waals surface area contributed by atoms with Crippen molar-refractivity contribution in [1.29, 1.82) is 0 Å². The Labute approximate surface area is 83.5 Å². The van der Waals surface area contributed by atoms with Crippen LogP contribution in [-0.4, -0.2) is 49.4 Å². The molecule has 11 heavy (non-hydrogen) atoms. The predicted molar refractivity (Wildman–Crippen MR) is 38.2 cm³/mol. The Morgan fingerprint density at radius 3 is 2.27 bits per heavy atom. The highest BCUT2D eigenvalue weighted by Crippen LogP contribution is 1.87. The normalized spacial score (nSPS) is 11.2. The van der Waals surface area contributed by atoms with E-state index in [2.05, 4.69) is 5.16 Å². The van der Waals surface area contributed by atoms with E-state index in [9.17, 15) is 4.79 Å². The quantitative estimate of drug-likeness (QED) is 0.193. The smallest absolute Gasteiger partial charge is 0.231 e. The van der Waals surface area contributed by atoms with E-state index in [1.54, 1.807) is 0 Å². The third kappa shape index (κ3) is 9.83. The van der Waals surface area contributed by atoms with E-state index in [0.29, 0.717) is 11.0 Å². The van der Waals surface area contributed by atoms with Gasteiger partial charge in [0.05, 0.1) is 21.1 Å². The average molecular weight is 272 g/mol. The van der Waals surface area contributed by atoms with E-state index in [1.165, 1.54) is 0 Å². The highest BCUT2D eigenvalue weighted by atomic mass is 127. The molecule has 0 heterocycles. The van der Waals surface area contributed by atoms with Gasteiger partial charge in [-0.2, -0.15) is 0 Å². The fourth-order valence-corrected chi connectivity index (χ4v) is 0.573. The van der Waals surface area contributed by atoms with Crippen molar-refractivity contribution < 1.29 is 38.5 Å². The molecule has 1 N–H and O–H groups in total. The van der Waals surface area contributed by atoms with Crippen LogP contribution in [0.2, 0.25) is 0 Å². The van der Waals surface area contributed by atoms with Crippen LogP contribution in [0.3, 0.4) is 0 Å². The number of likely N-dealkylation sites (N-methyl/N-ethyl adjacent to an activating group) is 1. The molecule has 0 aromatic heterocycles. The summed E-state index contributed by atoms with van der Waals surface area (Å²) in [6.07, 6.45) is 0.920. The Morgan fingerprint density at radius 1 is 1.55 bits per heavy atom. The van der Waals surface area contributed by atoms with Gasteiger partial charge in [-0.3, -0.25) is 4.79 Å². The van der Waals surface area contributed by atoms with Gasteiger partial charge in [0.15, 0.2) is 0 Å². The Morgan fingerprint density at radius 2 is 2.00 bits per heavy atom.